The lowest BCUT2D eigenvalue weighted by Gasteiger charge is -2.04. The van der Waals surface area contributed by atoms with Crippen LogP contribution in [0.5, 0.6) is 5.75 Å². The molecule has 0 aliphatic heterocycles. The minimum Gasteiger partial charge on any atom is -0.497 e. The number of para-hydroxylation sites is 1. The standard InChI is InChI=1S/C16H14N4O2/c1-22-14-9-7-12(8-10-14)17-16(21)15-11-20(19-18-15)13-5-3-2-4-6-13/h2-11H,1H3,(H,17,21). The Labute approximate surface area is 127 Å². The lowest BCUT2D eigenvalue weighted by molar-refractivity contribution is 0.102. The number of nitrogens with one attached hydrogen (secondary N) is 1. The van der Waals surface area contributed by atoms with Crippen LogP contribution in [0.4, 0.5) is 5.69 Å². The number of amides is 1. The van der Waals surface area contributed by atoms with Crippen LogP contribution >= 0.6 is 0 Å². The smallest absolute Gasteiger partial charge is 0.277 e. The Balaban J connectivity index is 1.74. The molecule has 0 saturated carbocycles. The van der Waals surface area contributed by atoms with E-state index in [-0.39, 0.29) is 11.6 Å². The molecule has 1 aromatic heterocycles. The summed E-state index contributed by atoms with van der Waals surface area (Å²) in [5.74, 6) is 0.417. The van der Waals surface area contributed by atoms with Gasteiger partial charge in [-0.05, 0) is 36.4 Å². The predicted molar refractivity (Wildman–Crippen MR) is 82.3 cm³/mol. The van der Waals surface area contributed by atoms with E-state index < -0.39 is 0 Å². The average molecular weight is 294 g/mol. The Morgan fingerprint density at radius 1 is 1.09 bits per heavy atom. The largest absolute Gasteiger partial charge is 0.497 e. The lowest BCUT2D eigenvalue weighted by atomic mass is 10.3. The Morgan fingerprint density at radius 2 is 1.82 bits per heavy atom. The van der Waals surface area contributed by atoms with Crippen molar-refractivity contribution < 1.29 is 9.53 Å². The molecule has 2 aromatic carbocycles. The monoisotopic (exact) mass is 294 g/mol. The van der Waals surface area contributed by atoms with Crippen LogP contribution in [0.3, 0.4) is 0 Å². The van der Waals surface area contributed by atoms with E-state index in [0.717, 1.165) is 11.4 Å². The van der Waals surface area contributed by atoms with Crippen LogP contribution in [0.25, 0.3) is 5.69 Å². The fourth-order valence-corrected chi connectivity index (χ4v) is 1.94. The number of ether oxygens (including phenoxy) is 1. The Morgan fingerprint density at radius 3 is 2.50 bits per heavy atom. The van der Waals surface area contributed by atoms with Gasteiger partial charge < -0.3 is 10.1 Å². The van der Waals surface area contributed by atoms with Gasteiger partial charge in [-0.3, -0.25) is 4.79 Å². The van der Waals surface area contributed by atoms with Gasteiger partial charge in [-0.1, -0.05) is 23.4 Å². The minimum absolute atomic E-state index is 0.250. The summed E-state index contributed by atoms with van der Waals surface area (Å²) >= 11 is 0. The van der Waals surface area contributed by atoms with Gasteiger partial charge in [0.15, 0.2) is 5.69 Å². The number of carbonyl (C=O) groups excluding carboxylic acids is 1. The first-order valence-electron chi connectivity index (χ1n) is 6.69. The second-order valence-corrected chi connectivity index (χ2v) is 4.57. The van der Waals surface area contributed by atoms with Crippen LogP contribution in [0, 0.1) is 0 Å². The number of benzene rings is 2. The normalized spacial score (nSPS) is 10.2. The van der Waals surface area contributed by atoms with E-state index in [0.29, 0.717) is 5.69 Å². The zero-order valence-corrected chi connectivity index (χ0v) is 11.9. The average Bonchev–Trinajstić information content (AvgIpc) is 3.06. The number of hydrogen-bond acceptors (Lipinski definition) is 4. The first kappa shape index (κ1) is 13.8. The number of carbonyl (C=O) groups is 1. The molecule has 1 heterocycles. The SMILES string of the molecule is COc1ccc(NC(=O)c2cn(-c3ccccc3)nn2)cc1. The highest BCUT2D eigenvalue weighted by Gasteiger charge is 2.11. The van der Waals surface area contributed by atoms with Crippen molar-refractivity contribution in [2.45, 2.75) is 0 Å². The van der Waals surface area contributed by atoms with Gasteiger partial charge >= 0.3 is 0 Å². The van der Waals surface area contributed by atoms with E-state index in [2.05, 4.69) is 15.6 Å². The molecule has 0 unspecified atom stereocenters. The first-order valence-corrected chi connectivity index (χ1v) is 6.69. The molecule has 6 heteroatoms. The second kappa shape index (κ2) is 6.09. The molecule has 0 spiro atoms. The maximum atomic E-state index is 12.2. The Hall–Kier alpha value is -3.15. The van der Waals surface area contributed by atoms with Crippen molar-refractivity contribution in [2.75, 3.05) is 12.4 Å². The fourth-order valence-electron chi connectivity index (χ4n) is 1.94. The third-order valence-corrected chi connectivity index (χ3v) is 3.09. The Kier molecular flexibility index (Phi) is 3.82. The highest BCUT2D eigenvalue weighted by atomic mass is 16.5. The van der Waals surface area contributed by atoms with Crippen molar-refractivity contribution in [3.63, 3.8) is 0 Å². The number of anilines is 1. The van der Waals surface area contributed by atoms with Crippen molar-refractivity contribution >= 4 is 11.6 Å². The van der Waals surface area contributed by atoms with Crippen LogP contribution < -0.4 is 10.1 Å². The van der Waals surface area contributed by atoms with E-state index in [9.17, 15) is 4.79 Å². The molecule has 0 radical (unpaired) electrons. The summed E-state index contributed by atoms with van der Waals surface area (Å²) in [6.07, 6.45) is 1.59. The van der Waals surface area contributed by atoms with Crippen molar-refractivity contribution in [3.05, 3.63) is 66.5 Å². The van der Waals surface area contributed by atoms with Gasteiger partial charge in [0.05, 0.1) is 19.0 Å². The maximum absolute atomic E-state index is 12.2. The summed E-state index contributed by atoms with van der Waals surface area (Å²) in [5, 5.41) is 10.6. The zero-order chi connectivity index (χ0) is 15.4. The molecule has 3 rings (SSSR count). The van der Waals surface area contributed by atoms with Gasteiger partial charge in [0.25, 0.3) is 5.91 Å². The summed E-state index contributed by atoms with van der Waals surface area (Å²) in [6, 6.07) is 16.6. The van der Waals surface area contributed by atoms with Crippen molar-refractivity contribution in [1.82, 2.24) is 15.0 Å². The van der Waals surface area contributed by atoms with E-state index in [4.69, 9.17) is 4.74 Å². The summed E-state index contributed by atoms with van der Waals surface area (Å²) in [6.45, 7) is 0. The molecule has 1 N–H and O–H groups in total. The topological polar surface area (TPSA) is 69.0 Å². The molecular formula is C16H14N4O2. The molecule has 0 atom stereocenters. The maximum Gasteiger partial charge on any atom is 0.277 e. The number of rotatable bonds is 4. The van der Waals surface area contributed by atoms with Gasteiger partial charge in [-0.15, -0.1) is 5.10 Å². The fraction of sp³-hybridized carbons (Fsp3) is 0.0625. The Bertz CT molecular complexity index is 766. The highest BCUT2D eigenvalue weighted by Crippen LogP contribution is 2.15. The van der Waals surface area contributed by atoms with E-state index >= 15 is 0 Å². The van der Waals surface area contributed by atoms with Gasteiger partial charge in [0.2, 0.25) is 0 Å². The van der Waals surface area contributed by atoms with Crippen molar-refractivity contribution in [3.8, 4) is 11.4 Å². The quantitative estimate of drug-likeness (QED) is 0.802. The molecule has 0 bridgehead atoms. The molecular weight excluding hydrogens is 280 g/mol. The molecule has 0 fully saturated rings. The molecule has 0 aliphatic rings. The van der Waals surface area contributed by atoms with E-state index in [1.54, 1.807) is 42.3 Å². The molecule has 0 saturated heterocycles. The van der Waals surface area contributed by atoms with Crippen LogP contribution in [0.15, 0.2) is 60.8 Å². The number of hydrogen-bond donors (Lipinski definition) is 1. The molecule has 6 nitrogen and oxygen atoms in total. The molecule has 1 amide bonds. The van der Waals surface area contributed by atoms with E-state index in [1.165, 1.54) is 0 Å². The second-order valence-electron chi connectivity index (χ2n) is 4.57. The summed E-state index contributed by atoms with van der Waals surface area (Å²) in [5.41, 5.74) is 1.76. The third kappa shape index (κ3) is 2.95. The van der Waals surface area contributed by atoms with Gasteiger partial charge in [0.1, 0.15) is 5.75 Å². The highest BCUT2D eigenvalue weighted by molar-refractivity contribution is 6.02. The molecule has 3 aromatic rings. The van der Waals surface area contributed by atoms with E-state index in [1.807, 2.05) is 30.3 Å². The van der Waals surface area contributed by atoms with Crippen LogP contribution in [0.1, 0.15) is 10.5 Å². The number of aromatic nitrogens is 3. The minimum atomic E-state index is -0.313. The van der Waals surface area contributed by atoms with Crippen LogP contribution in [-0.2, 0) is 0 Å². The van der Waals surface area contributed by atoms with Crippen LogP contribution in [-0.4, -0.2) is 28.0 Å². The van der Waals surface area contributed by atoms with Crippen molar-refractivity contribution in [2.24, 2.45) is 0 Å². The lowest BCUT2D eigenvalue weighted by Crippen LogP contribution is -2.12. The first-order chi connectivity index (χ1) is 10.8. The molecule has 110 valence electrons. The zero-order valence-electron chi connectivity index (χ0n) is 11.9. The summed E-state index contributed by atoms with van der Waals surface area (Å²) in [4.78, 5) is 12.2. The summed E-state index contributed by atoms with van der Waals surface area (Å²) in [7, 11) is 1.59. The molecule has 0 aliphatic carbocycles. The number of methoxy groups -OCH3 is 1. The summed E-state index contributed by atoms with van der Waals surface area (Å²) < 4.78 is 6.63. The van der Waals surface area contributed by atoms with Crippen LogP contribution in [0.2, 0.25) is 0 Å². The third-order valence-electron chi connectivity index (χ3n) is 3.09. The number of nitrogens with zero attached hydrogens (tertiary/aromatic N) is 3. The van der Waals surface area contributed by atoms with Gasteiger partial charge in [-0.25, -0.2) is 4.68 Å². The van der Waals surface area contributed by atoms with Crippen molar-refractivity contribution in [1.29, 1.82) is 0 Å². The predicted octanol–water partition coefficient (Wildman–Crippen LogP) is 2.53. The molecule has 22 heavy (non-hydrogen) atoms. The van der Waals surface area contributed by atoms with Gasteiger partial charge in [0, 0.05) is 5.69 Å². The van der Waals surface area contributed by atoms with Gasteiger partial charge in [-0.2, -0.15) is 0 Å².